The molecule has 40 heavy (non-hydrogen) atoms. The number of aliphatic carboxylic acids is 1. The molecule has 16 heteroatoms. The summed E-state index contributed by atoms with van der Waals surface area (Å²) in [7, 11) is 0. The summed E-state index contributed by atoms with van der Waals surface area (Å²) in [5.41, 5.74) is -2.28. The number of benzene rings is 2. The van der Waals surface area contributed by atoms with Gasteiger partial charge in [0.05, 0.1) is 29.2 Å². The van der Waals surface area contributed by atoms with Gasteiger partial charge in [-0.1, -0.05) is 6.92 Å². The number of ketones is 1. The largest absolute Gasteiger partial charge is 0.481 e. The summed E-state index contributed by atoms with van der Waals surface area (Å²) in [5, 5.41) is 10.9. The Kier molecular flexibility index (Phi) is 8.80. The lowest BCUT2D eigenvalue weighted by molar-refractivity contribution is -0.141. The lowest BCUT2D eigenvalue weighted by Crippen LogP contribution is -2.48. The lowest BCUT2D eigenvalue weighted by Gasteiger charge is -2.22. The van der Waals surface area contributed by atoms with Crippen LogP contribution in [0.5, 0.6) is 5.75 Å². The van der Waals surface area contributed by atoms with Crippen LogP contribution in [0.25, 0.3) is 10.9 Å². The van der Waals surface area contributed by atoms with E-state index in [0.29, 0.717) is 12.1 Å². The van der Waals surface area contributed by atoms with Gasteiger partial charge in [0.1, 0.15) is 18.7 Å². The van der Waals surface area contributed by atoms with Gasteiger partial charge >= 0.3 is 12.1 Å². The van der Waals surface area contributed by atoms with Gasteiger partial charge in [-0.05, 0) is 24.6 Å². The summed E-state index contributed by atoms with van der Waals surface area (Å²) >= 11 is 0. The molecule has 2 N–H and O–H groups in total. The highest BCUT2D eigenvalue weighted by molar-refractivity contribution is 5.93. The number of fused-ring (bicyclic) bond motifs is 1. The summed E-state index contributed by atoms with van der Waals surface area (Å²) in [4.78, 5) is 53.5. The Morgan fingerprint density at radius 1 is 1.07 bits per heavy atom. The van der Waals surface area contributed by atoms with Crippen LogP contribution in [0.15, 0.2) is 35.4 Å². The maximum Gasteiger partial charge on any atom is 0.416 e. The molecule has 0 radical (unpaired) electrons. The molecular formula is C24H18F7N3O6. The van der Waals surface area contributed by atoms with E-state index in [1.54, 1.807) is 0 Å². The number of nitrogens with zero attached hydrogens (tertiary/aromatic N) is 2. The molecule has 2 aromatic carbocycles. The van der Waals surface area contributed by atoms with Gasteiger partial charge < -0.3 is 15.2 Å². The fourth-order valence-corrected chi connectivity index (χ4v) is 3.65. The summed E-state index contributed by atoms with van der Waals surface area (Å²) < 4.78 is 98.6. The zero-order valence-corrected chi connectivity index (χ0v) is 20.2. The van der Waals surface area contributed by atoms with Crippen molar-refractivity contribution in [1.82, 2.24) is 14.9 Å². The Hall–Kier alpha value is -4.50. The Bertz CT molecular complexity index is 1510. The molecule has 0 aliphatic rings. The number of Topliss-reactive ketones (excluding diaryl/α,β-unsaturated/α-hetero) is 1. The zero-order chi connectivity index (χ0) is 29.9. The first kappa shape index (κ1) is 30.0. The highest BCUT2D eigenvalue weighted by Crippen LogP contribution is 2.30. The van der Waals surface area contributed by atoms with Crippen molar-refractivity contribution < 1.29 is 55.0 Å². The van der Waals surface area contributed by atoms with Gasteiger partial charge in [0.15, 0.2) is 23.2 Å². The van der Waals surface area contributed by atoms with Gasteiger partial charge in [0.25, 0.3) is 5.56 Å². The first-order valence-corrected chi connectivity index (χ1v) is 11.2. The molecule has 2 atom stereocenters. The topological polar surface area (TPSA) is 128 Å². The molecule has 1 amide bonds. The van der Waals surface area contributed by atoms with E-state index >= 15 is 0 Å². The number of carboxylic acids is 1. The molecule has 0 saturated carbocycles. The predicted octanol–water partition coefficient (Wildman–Crippen LogP) is 3.53. The van der Waals surface area contributed by atoms with Gasteiger partial charge in [0.2, 0.25) is 17.5 Å². The molecule has 0 fully saturated rings. The summed E-state index contributed by atoms with van der Waals surface area (Å²) in [6.07, 6.45) is -5.09. The Balaban J connectivity index is 1.85. The van der Waals surface area contributed by atoms with Gasteiger partial charge in [-0.25, -0.2) is 13.8 Å². The molecule has 0 aliphatic heterocycles. The molecule has 0 bridgehead atoms. The summed E-state index contributed by atoms with van der Waals surface area (Å²) in [6.45, 7) is 0.111. The van der Waals surface area contributed by atoms with Crippen LogP contribution in [0.3, 0.4) is 0 Å². The molecule has 3 aromatic rings. The second-order valence-corrected chi connectivity index (χ2v) is 8.32. The van der Waals surface area contributed by atoms with E-state index in [1.165, 1.54) is 6.92 Å². The zero-order valence-electron chi connectivity index (χ0n) is 20.2. The van der Waals surface area contributed by atoms with Crippen LogP contribution in [0.1, 0.15) is 31.4 Å². The summed E-state index contributed by atoms with van der Waals surface area (Å²) in [5.74, 6) is -13.1. The Morgan fingerprint density at radius 2 is 1.70 bits per heavy atom. The van der Waals surface area contributed by atoms with Crippen LogP contribution >= 0.6 is 0 Å². The first-order chi connectivity index (χ1) is 18.6. The lowest BCUT2D eigenvalue weighted by atomic mass is 10.1. The second-order valence-electron chi connectivity index (χ2n) is 8.32. The minimum absolute atomic E-state index is 0.101. The first-order valence-electron chi connectivity index (χ1n) is 11.2. The molecule has 0 aliphatic carbocycles. The van der Waals surface area contributed by atoms with Crippen molar-refractivity contribution in [3.8, 4) is 5.75 Å². The Morgan fingerprint density at radius 3 is 2.25 bits per heavy atom. The molecule has 9 nitrogen and oxygen atoms in total. The monoisotopic (exact) mass is 577 g/mol. The van der Waals surface area contributed by atoms with Crippen molar-refractivity contribution in [3.05, 3.63) is 69.8 Å². The van der Waals surface area contributed by atoms with Crippen molar-refractivity contribution in [2.24, 2.45) is 0 Å². The van der Waals surface area contributed by atoms with Crippen LogP contribution in [0.4, 0.5) is 30.7 Å². The third kappa shape index (κ3) is 6.38. The molecule has 1 aromatic heterocycles. The number of carboxylic acid groups (broad SMARTS) is 1. The fraction of sp³-hybridized carbons (Fsp3) is 0.292. The van der Waals surface area contributed by atoms with E-state index in [2.05, 4.69) is 15.0 Å². The minimum Gasteiger partial charge on any atom is -0.481 e. The maximum absolute atomic E-state index is 13.8. The maximum atomic E-state index is 13.8. The average Bonchev–Trinajstić information content (AvgIpc) is 2.87. The molecule has 3 rings (SSSR count). The van der Waals surface area contributed by atoms with Crippen molar-refractivity contribution in [2.75, 3.05) is 6.61 Å². The Labute approximate surface area is 219 Å². The van der Waals surface area contributed by atoms with Gasteiger partial charge in [-0.15, -0.1) is 0 Å². The van der Waals surface area contributed by atoms with Crippen LogP contribution in [0, 0.1) is 23.3 Å². The number of ether oxygens (including phenoxy) is 1. The number of alkyl halides is 3. The molecule has 1 heterocycles. The quantitative estimate of drug-likeness (QED) is 0.279. The van der Waals surface area contributed by atoms with E-state index < -0.39 is 89.1 Å². The molecular weight excluding hydrogens is 559 g/mol. The van der Waals surface area contributed by atoms with Crippen molar-refractivity contribution >= 4 is 28.6 Å². The van der Waals surface area contributed by atoms with Crippen molar-refractivity contribution in [3.63, 3.8) is 0 Å². The van der Waals surface area contributed by atoms with E-state index in [9.17, 15) is 49.9 Å². The predicted molar refractivity (Wildman–Crippen MR) is 121 cm³/mol. The highest BCUT2D eigenvalue weighted by atomic mass is 19.4. The number of rotatable bonds is 10. The van der Waals surface area contributed by atoms with E-state index in [0.717, 1.165) is 17.0 Å². The van der Waals surface area contributed by atoms with E-state index in [4.69, 9.17) is 5.11 Å². The number of aromatic nitrogens is 2. The van der Waals surface area contributed by atoms with Crippen LogP contribution in [-0.2, 0) is 20.6 Å². The third-order valence-corrected chi connectivity index (χ3v) is 5.65. The standard InChI is InChI=1S/C24H18F7N3O6/c1-2-16(34-9-32-14-5-10(24(29,30)31)3-4-11(14)23(34)39)22(38)33-15(7-18(36)37)17(35)8-40-21-19(27)12(25)6-13(26)20(21)28/h3-6,9,15-16H,2,7-8H2,1H3,(H,33,38)(H,36,37). The highest BCUT2D eigenvalue weighted by Gasteiger charge is 2.32. The number of hydrogen-bond acceptors (Lipinski definition) is 6. The minimum atomic E-state index is -4.70. The second kappa shape index (κ2) is 11.7. The number of carbonyl (C=O) groups excluding carboxylic acids is 2. The number of amides is 1. The number of nitrogens with one attached hydrogen (secondary N) is 1. The number of halogens is 7. The van der Waals surface area contributed by atoms with Crippen molar-refractivity contribution in [2.45, 2.75) is 38.0 Å². The van der Waals surface area contributed by atoms with Crippen LogP contribution in [0.2, 0.25) is 0 Å². The normalized spacial score (nSPS) is 13.1. The summed E-state index contributed by atoms with van der Waals surface area (Å²) in [6, 6.07) is -1.26. The molecule has 2 unspecified atom stereocenters. The fourth-order valence-electron chi connectivity index (χ4n) is 3.65. The van der Waals surface area contributed by atoms with Crippen molar-refractivity contribution in [1.29, 1.82) is 0 Å². The van der Waals surface area contributed by atoms with E-state index in [1.807, 2.05) is 0 Å². The van der Waals surface area contributed by atoms with Gasteiger partial charge in [-0.3, -0.25) is 23.7 Å². The number of carbonyl (C=O) groups is 3. The molecule has 0 spiro atoms. The van der Waals surface area contributed by atoms with Crippen LogP contribution < -0.4 is 15.6 Å². The number of hydrogen-bond donors (Lipinski definition) is 2. The third-order valence-electron chi connectivity index (χ3n) is 5.65. The van der Waals surface area contributed by atoms with E-state index in [-0.39, 0.29) is 23.4 Å². The molecule has 0 saturated heterocycles. The SMILES string of the molecule is CCC(C(=O)NC(CC(=O)O)C(=O)COc1c(F)c(F)cc(F)c1F)n1cnc2cc(C(F)(F)F)ccc2c1=O. The van der Waals surface area contributed by atoms with Gasteiger partial charge in [0, 0.05) is 6.07 Å². The van der Waals surface area contributed by atoms with Crippen LogP contribution in [-0.4, -0.2) is 45.0 Å². The smallest absolute Gasteiger partial charge is 0.416 e. The average molecular weight is 577 g/mol. The van der Waals surface area contributed by atoms with Gasteiger partial charge in [-0.2, -0.15) is 22.0 Å². The molecule has 214 valence electrons.